The molecule has 202 valence electrons. The maximum absolute atomic E-state index is 12.0. The second-order valence-electron chi connectivity index (χ2n) is 8.93. The van der Waals surface area contributed by atoms with Crippen LogP contribution in [-0.4, -0.2) is 37.1 Å². The molecule has 0 spiro atoms. The van der Waals surface area contributed by atoms with E-state index in [-0.39, 0.29) is 17.9 Å². The van der Waals surface area contributed by atoms with Crippen LogP contribution in [-0.2, 0) is 20.7 Å². The third kappa shape index (κ3) is 12.5. The molecule has 0 heterocycles. The lowest BCUT2D eigenvalue weighted by molar-refractivity contribution is -0.143. The predicted octanol–water partition coefficient (Wildman–Crippen LogP) is 7.80. The fraction of sp³-hybridized carbons (Fsp3) is 0.484. The highest BCUT2D eigenvalue weighted by molar-refractivity contribution is 9.09. The highest BCUT2D eigenvalue weighted by atomic mass is 79.9. The lowest BCUT2D eigenvalue weighted by atomic mass is 9.92. The summed E-state index contributed by atoms with van der Waals surface area (Å²) >= 11 is 3.47. The molecular weight excluding hydrogens is 532 g/mol. The van der Waals surface area contributed by atoms with Gasteiger partial charge in [0.25, 0.3) is 0 Å². The molecule has 2 aromatic rings. The zero-order valence-corrected chi connectivity index (χ0v) is 23.8. The third-order valence-electron chi connectivity index (χ3n) is 5.98. The molecule has 37 heavy (non-hydrogen) atoms. The van der Waals surface area contributed by atoms with Crippen molar-refractivity contribution in [1.29, 1.82) is 0 Å². The topological polar surface area (TPSA) is 61.8 Å². The Morgan fingerprint density at radius 3 is 2.38 bits per heavy atom. The van der Waals surface area contributed by atoms with Crippen LogP contribution >= 0.6 is 15.9 Å². The molecule has 6 heteroatoms. The maximum atomic E-state index is 12.0. The molecule has 0 fully saturated rings. The Morgan fingerprint density at radius 2 is 1.65 bits per heavy atom. The van der Waals surface area contributed by atoms with E-state index in [2.05, 4.69) is 34.1 Å². The molecule has 0 radical (unpaired) electrons. The van der Waals surface area contributed by atoms with Crippen LogP contribution in [0.3, 0.4) is 0 Å². The maximum Gasteiger partial charge on any atom is 0.338 e. The lowest BCUT2D eigenvalue weighted by Crippen LogP contribution is -2.06. The summed E-state index contributed by atoms with van der Waals surface area (Å²) in [7, 11) is 0. The summed E-state index contributed by atoms with van der Waals surface area (Å²) in [5.41, 5.74) is 2.79. The first-order valence-electron chi connectivity index (χ1n) is 13.4. The quantitative estimate of drug-likeness (QED) is 0.103. The van der Waals surface area contributed by atoms with E-state index in [0.717, 1.165) is 67.2 Å². The zero-order chi connectivity index (χ0) is 26.7. The standard InChI is InChI=1S/C31H41BrO5/c1-3-35-30(33)15-9-6-12-25(24-26-17-20-28(21-18-26)31(34)36-4-2)16-19-27-13-7-8-14-29(27)37-23-11-5-10-22-32/h7-8,13-14,16-21,25H,3-6,9-12,15,22-24H2,1-2H3. The molecule has 0 bridgehead atoms. The molecule has 1 unspecified atom stereocenters. The molecule has 0 saturated carbocycles. The van der Waals surface area contributed by atoms with Crippen molar-refractivity contribution in [2.75, 3.05) is 25.2 Å². The first-order chi connectivity index (χ1) is 18.1. The van der Waals surface area contributed by atoms with Crippen LogP contribution in [0, 0.1) is 5.92 Å². The summed E-state index contributed by atoms with van der Waals surface area (Å²) in [5, 5.41) is 1.03. The third-order valence-corrected chi connectivity index (χ3v) is 6.54. The van der Waals surface area contributed by atoms with E-state index >= 15 is 0 Å². The van der Waals surface area contributed by atoms with Crippen LogP contribution in [0.2, 0.25) is 0 Å². The minimum atomic E-state index is -0.298. The molecule has 0 aromatic heterocycles. The average Bonchev–Trinajstić information content (AvgIpc) is 2.90. The van der Waals surface area contributed by atoms with Crippen molar-refractivity contribution < 1.29 is 23.8 Å². The lowest BCUT2D eigenvalue weighted by Gasteiger charge is -2.14. The van der Waals surface area contributed by atoms with Gasteiger partial charge < -0.3 is 14.2 Å². The smallest absolute Gasteiger partial charge is 0.338 e. The first kappa shape index (κ1) is 30.6. The number of carbonyl (C=O) groups excluding carboxylic acids is 2. The van der Waals surface area contributed by atoms with Gasteiger partial charge in [-0.05, 0) is 82.1 Å². The van der Waals surface area contributed by atoms with E-state index in [1.807, 2.05) is 49.4 Å². The SMILES string of the molecule is CCOC(=O)CCCCC(C=Cc1ccccc1OCCCCCBr)Cc1ccc(C(=O)OCC)cc1. The van der Waals surface area contributed by atoms with Gasteiger partial charge in [-0.15, -0.1) is 0 Å². The van der Waals surface area contributed by atoms with Crippen LogP contribution in [0.15, 0.2) is 54.6 Å². The molecule has 0 amide bonds. The Kier molecular flexibility index (Phi) is 15.4. The Hall–Kier alpha value is -2.60. The number of esters is 2. The Labute approximate surface area is 230 Å². The summed E-state index contributed by atoms with van der Waals surface area (Å²) < 4.78 is 16.2. The van der Waals surface area contributed by atoms with Crippen molar-refractivity contribution in [3.63, 3.8) is 0 Å². The second-order valence-corrected chi connectivity index (χ2v) is 9.72. The molecule has 0 saturated heterocycles. The van der Waals surface area contributed by atoms with Crippen LogP contribution in [0.5, 0.6) is 5.75 Å². The van der Waals surface area contributed by atoms with Gasteiger partial charge in [-0.1, -0.05) is 64.8 Å². The Balaban J connectivity index is 2.06. The summed E-state index contributed by atoms with van der Waals surface area (Å²) in [6.07, 6.45) is 11.7. The molecule has 0 aliphatic heterocycles. The van der Waals surface area contributed by atoms with Crippen LogP contribution in [0.4, 0.5) is 0 Å². The molecule has 0 N–H and O–H groups in total. The van der Waals surface area contributed by atoms with E-state index in [0.29, 0.717) is 31.8 Å². The molecule has 0 aliphatic rings. The monoisotopic (exact) mass is 572 g/mol. The van der Waals surface area contributed by atoms with E-state index in [1.165, 1.54) is 0 Å². The van der Waals surface area contributed by atoms with E-state index in [4.69, 9.17) is 14.2 Å². The Bertz CT molecular complexity index is 954. The normalized spacial score (nSPS) is 11.9. The molecule has 5 nitrogen and oxygen atoms in total. The average molecular weight is 574 g/mol. The summed E-state index contributed by atoms with van der Waals surface area (Å²) in [4.78, 5) is 23.7. The van der Waals surface area contributed by atoms with Gasteiger partial charge in [-0.25, -0.2) is 4.79 Å². The molecular formula is C31H41BrO5. The number of benzene rings is 2. The van der Waals surface area contributed by atoms with Crippen molar-refractivity contribution in [2.24, 2.45) is 5.92 Å². The number of para-hydroxylation sites is 1. The highest BCUT2D eigenvalue weighted by Crippen LogP contribution is 2.24. The van der Waals surface area contributed by atoms with Gasteiger partial charge in [0.2, 0.25) is 0 Å². The number of hydrogen-bond acceptors (Lipinski definition) is 5. The van der Waals surface area contributed by atoms with Crippen LogP contribution in [0.25, 0.3) is 6.08 Å². The number of halogens is 1. The number of unbranched alkanes of at least 4 members (excludes halogenated alkanes) is 3. The van der Waals surface area contributed by atoms with Gasteiger partial charge >= 0.3 is 11.9 Å². The first-order valence-corrected chi connectivity index (χ1v) is 14.6. The van der Waals surface area contributed by atoms with Crippen molar-refractivity contribution >= 4 is 33.9 Å². The highest BCUT2D eigenvalue weighted by Gasteiger charge is 2.11. The van der Waals surface area contributed by atoms with Gasteiger partial charge in [0, 0.05) is 17.3 Å². The van der Waals surface area contributed by atoms with Crippen molar-refractivity contribution in [3.8, 4) is 5.75 Å². The molecule has 2 rings (SSSR count). The number of allylic oxidation sites excluding steroid dienone is 1. The fourth-order valence-electron chi connectivity index (χ4n) is 4.01. The molecule has 0 aliphatic carbocycles. The zero-order valence-electron chi connectivity index (χ0n) is 22.3. The van der Waals surface area contributed by atoms with Gasteiger partial charge in [-0.3, -0.25) is 4.79 Å². The summed E-state index contributed by atoms with van der Waals surface area (Å²) in [5.74, 6) is 0.750. The summed E-state index contributed by atoms with van der Waals surface area (Å²) in [6, 6.07) is 15.8. The van der Waals surface area contributed by atoms with Gasteiger partial charge in [-0.2, -0.15) is 0 Å². The Morgan fingerprint density at radius 1 is 0.892 bits per heavy atom. The van der Waals surface area contributed by atoms with Gasteiger partial charge in [0.05, 0.1) is 25.4 Å². The number of hydrogen-bond donors (Lipinski definition) is 0. The van der Waals surface area contributed by atoms with Crippen LogP contribution in [0.1, 0.15) is 80.3 Å². The predicted molar refractivity (Wildman–Crippen MR) is 153 cm³/mol. The van der Waals surface area contributed by atoms with E-state index in [9.17, 15) is 9.59 Å². The van der Waals surface area contributed by atoms with Gasteiger partial charge in [0.15, 0.2) is 0 Å². The van der Waals surface area contributed by atoms with Gasteiger partial charge in [0.1, 0.15) is 5.75 Å². The van der Waals surface area contributed by atoms with Crippen molar-refractivity contribution in [2.45, 2.75) is 65.2 Å². The van der Waals surface area contributed by atoms with E-state index in [1.54, 1.807) is 6.92 Å². The van der Waals surface area contributed by atoms with E-state index < -0.39 is 0 Å². The van der Waals surface area contributed by atoms with Crippen LogP contribution < -0.4 is 4.74 Å². The van der Waals surface area contributed by atoms with Crippen molar-refractivity contribution in [1.82, 2.24) is 0 Å². The minimum absolute atomic E-state index is 0.133. The number of ether oxygens (including phenoxy) is 3. The molecule has 1 atom stereocenters. The summed E-state index contributed by atoms with van der Waals surface area (Å²) in [6.45, 7) is 5.13. The number of rotatable bonds is 18. The second kappa shape index (κ2) is 18.6. The molecule has 2 aromatic carbocycles. The number of carbonyl (C=O) groups is 2. The fourth-order valence-corrected chi connectivity index (χ4v) is 4.41. The van der Waals surface area contributed by atoms with Crippen molar-refractivity contribution in [3.05, 3.63) is 71.3 Å². The number of alkyl halides is 1. The minimum Gasteiger partial charge on any atom is -0.493 e. The largest absolute Gasteiger partial charge is 0.493 e.